The van der Waals surface area contributed by atoms with Crippen LogP contribution in [0.1, 0.15) is 96.5 Å². The molecule has 1 aromatic rings. The summed E-state index contributed by atoms with van der Waals surface area (Å²) >= 11 is 0. The van der Waals surface area contributed by atoms with Crippen LogP contribution in [0, 0.1) is 35.5 Å². The molecule has 2 fully saturated rings. The molecule has 0 bridgehead atoms. The Hall–Kier alpha value is -1.68. The first-order valence-electron chi connectivity index (χ1n) is 12.7. The molecule has 0 unspecified atom stereocenters. The fraction of sp³-hybridized carbons (Fsp3) is 0.655. The lowest BCUT2D eigenvalue weighted by atomic mass is 9.75. The van der Waals surface area contributed by atoms with Gasteiger partial charge in [0, 0.05) is 5.56 Å². The maximum atomic E-state index is 5.62. The Labute approximate surface area is 185 Å². The van der Waals surface area contributed by atoms with E-state index >= 15 is 0 Å². The van der Waals surface area contributed by atoms with Gasteiger partial charge < -0.3 is 4.74 Å². The van der Waals surface area contributed by atoms with Gasteiger partial charge in [-0.05, 0) is 86.1 Å². The van der Waals surface area contributed by atoms with Gasteiger partial charge in [0.1, 0.15) is 5.75 Å². The normalized spacial score (nSPS) is 26.9. The molecule has 2 aliphatic rings. The van der Waals surface area contributed by atoms with E-state index in [-0.39, 0.29) is 0 Å². The molecule has 2 aliphatic carbocycles. The van der Waals surface area contributed by atoms with Gasteiger partial charge in [-0.25, -0.2) is 0 Å². The fourth-order valence-electron chi connectivity index (χ4n) is 5.23. The minimum Gasteiger partial charge on any atom is -0.494 e. The molecule has 1 aromatic carbocycles. The zero-order valence-electron chi connectivity index (χ0n) is 19.4. The zero-order valence-corrected chi connectivity index (χ0v) is 19.4. The molecule has 0 N–H and O–H groups in total. The van der Waals surface area contributed by atoms with Gasteiger partial charge in [0.2, 0.25) is 0 Å². The van der Waals surface area contributed by atoms with Gasteiger partial charge in [-0.1, -0.05) is 76.7 Å². The van der Waals surface area contributed by atoms with Crippen molar-refractivity contribution in [2.45, 2.75) is 90.9 Å². The average Bonchev–Trinajstić information content (AvgIpc) is 2.81. The van der Waals surface area contributed by atoms with Crippen LogP contribution in [-0.2, 0) is 0 Å². The number of ether oxygens (including phenoxy) is 1. The van der Waals surface area contributed by atoms with Crippen molar-refractivity contribution in [1.82, 2.24) is 0 Å². The molecule has 1 nitrogen and oxygen atoms in total. The van der Waals surface area contributed by atoms with Crippen LogP contribution in [0.3, 0.4) is 0 Å². The van der Waals surface area contributed by atoms with Crippen molar-refractivity contribution in [3.8, 4) is 17.6 Å². The average molecular weight is 407 g/mol. The minimum atomic E-state index is 0.736. The predicted molar refractivity (Wildman–Crippen MR) is 129 cm³/mol. The van der Waals surface area contributed by atoms with Crippen LogP contribution in [0.4, 0.5) is 0 Å². The van der Waals surface area contributed by atoms with E-state index in [9.17, 15) is 0 Å². The number of hydrogen-bond acceptors (Lipinski definition) is 1. The number of hydrogen-bond donors (Lipinski definition) is 0. The summed E-state index contributed by atoms with van der Waals surface area (Å²) in [5.74, 6) is 11.2. The first kappa shape index (κ1) is 23.0. The third-order valence-corrected chi connectivity index (χ3v) is 7.41. The lowest BCUT2D eigenvalue weighted by Gasteiger charge is -2.31. The monoisotopic (exact) mass is 406 g/mol. The predicted octanol–water partition coefficient (Wildman–Crippen LogP) is 8.19. The summed E-state index contributed by atoms with van der Waals surface area (Å²) in [6.07, 6.45) is 21.4. The highest BCUT2D eigenvalue weighted by molar-refractivity contribution is 5.40. The highest BCUT2D eigenvalue weighted by Gasteiger charge is 2.23. The molecule has 0 aliphatic heterocycles. The maximum absolute atomic E-state index is 5.62. The second-order valence-electron chi connectivity index (χ2n) is 9.65. The first-order valence-corrected chi connectivity index (χ1v) is 12.7. The highest BCUT2D eigenvalue weighted by Crippen LogP contribution is 2.37. The first-order chi connectivity index (χ1) is 14.8. The van der Waals surface area contributed by atoms with Crippen LogP contribution in [0.2, 0.25) is 0 Å². The Morgan fingerprint density at radius 1 is 0.833 bits per heavy atom. The smallest absolute Gasteiger partial charge is 0.119 e. The third-order valence-electron chi connectivity index (χ3n) is 7.41. The Morgan fingerprint density at radius 3 is 2.03 bits per heavy atom. The topological polar surface area (TPSA) is 9.23 Å². The van der Waals surface area contributed by atoms with Gasteiger partial charge in [-0.2, -0.15) is 0 Å². The minimum absolute atomic E-state index is 0.736. The molecule has 30 heavy (non-hydrogen) atoms. The van der Waals surface area contributed by atoms with Crippen molar-refractivity contribution in [2.24, 2.45) is 23.7 Å². The summed E-state index contributed by atoms with van der Waals surface area (Å²) in [6.45, 7) is 5.26. The molecule has 164 valence electrons. The molecule has 0 saturated heterocycles. The SMILES string of the molecule is CCCOc1ccc(C#C/C=C/C2CCC(CC[C@H]3CC[C@H](CC)CC3)CC2)cc1. The van der Waals surface area contributed by atoms with Crippen molar-refractivity contribution in [3.63, 3.8) is 0 Å². The van der Waals surface area contributed by atoms with Gasteiger partial charge in [0.15, 0.2) is 0 Å². The Bertz CT molecular complexity index is 673. The fourth-order valence-corrected chi connectivity index (χ4v) is 5.23. The summed E-state index contributed by atoms with van der Waals surface area (Å²) in [5, 5.41) is 0. The number of benzene rings is 1. The van der Waals surface area contributed by atoms with Crippen molar-refractivity contribution < 1.29 is 4.74 Å². The van der Waals surface area contributed by atoms with Crippen LogP contribution in [0.15, 0.2) is 36.4 Å². The van der Waals surface area contributed by atoms with Crippen LogP contribution < -0.4 is 4.74 Å². The van der Waals surface area contributed by atoms with Crippen LogP contribution >= 0.6 is 0 Å². The van der Waals surface area contributed by atoms with E-state index in [0.717, 1.165) is 48.0 Å². The molecule has 0 atom stereocenters. The van der Waals surface area contributed by atoms with Gasteiger partial charge in [-0.3, -0.25) is 0 Å². The molecular weight excluding hydrogens is 364 g/mol. The Morgan fingerprint density at radius 2 is 1.43 bits per heavy atom. The van der Waals surface area contributed by atoms with Crippen molar-refractivity contribution in [3.05, 3.63) is 42.0 Å². The summed E-state index contributed by atoms with van der Waals surface area (Å²) in [6, 6.07) is 8.12. The van der Waals surface area contributed by atoms with E-state index in [1.807, 2.05) is 24.3 Å². The zero-order chi connectivity index (χ0) is 21.0. The highest BCUT2D eigenvalue weighted by atomic mass is 16.5. The molecule has 0 heterocycles. The Kier molecular flexibility index (Phi) is 9.88. The van der Waals surface area contributed by atoms with E-state index in [1.54, 1.807) is 0 Å². The molecular formula is C29H42O. The number of rotatable bonds is 8. The van der Waals surface area contributed by atoms with Gasteiger partial charge in [0.25, 0.3) is 0 Å². The summed E-state index contributed by atoms with van der Waals surface area (Å²) in [5.41, 5.74) is 1.06. The third kappa shape index (κ3) is 7.86. The number of allylic oxidation sites excluding steroid dienone is 2. The van der Waals surface area contributed by atoms with E-state index < -0.39 is 0 Å². The maximum Gasteiger partial charge on any atom is 0.119 e. The molecule has 2 saturated carbocycles. The van der Waals surface area contributed by atoms with Gasteiger partial charge in [0.05, 0.1) is 6.61 Å². The lowest BCUT2D eigenvalue weighted by molar-refractivity contribution is 0.224. The Balaban J connectivity index is 1.32. The summed E-state index contributed by atoms with van der Waals surface area (Å²) in [7, 11) is 0. The summed E-state index contributed by atoms with van der Waals surface area (Å²) < 4.78 is 5.62. The molecule has 1 heteroatoms. The molecule has 0 aromatic heterocycles. The van der Waals surface area contributed by atoms with Crippen molar-refractivity contribution in [2.75, 3.05) is 6.61 Å². The standard InChI is InChI=1S/C29H42O/c1-3-23-30-29-21-19-26(20-22-29)8-6-5-7-25-13-15-28(16-14-25)18-17-27-11-9-24(4-2)10-12-27/h5,7,19-22,24-25,27-28H,3-4,9-18,23H2,1-2H3/b7-5+/t24-,25?,27-,28?. The molecule has 0 amide bonds. The van der Waals surface area contributed by atoms with Crippen molar-refractivity contribution >= 4 is 0 Å². The van der Waals surface area contributed by atoms with E-state index in [1.165, 1.54) is 70.6 Å². The second-order valence-corrected chi connectivity index (χ2v) is 9.65. The van der Waals surface area contributed by atoms with Crippen LogP contribution in [0.5, 0.6) is 5.75 Å². The molecule has 0 spiro atoms. The largest absolute Gasteiger partial charge is 0.494 e. The van der Waals surface area contributed by atoms with Crippen molar-refractivity contribution in [1.29, 1.82) is 0 Å². The molecule has 0 radical (unpaired) electrons. The van der Waals surface area contributed by atoms with E-state index in [0.29, 0.717) is 0 Å². The summed E-state index contributed by atoms with van der Waals surface area (Å²) in [4.78, 5) is 0. The lowest BCUT2D eigenvalue weighted by Crippen LogP contribution is -2.17. The quantitative estimate of drug-likeness (QED) is 0.395. The van der Waals surface area contributed by atoms with Crippen LogP contribution in [0.25, 0.3) is 0 Å². The molecule has 3 rings (SSSR count). The van der Waals surface area contributed by atoms with E-state index in [4.69, 9.17) is 4.74 Å². The van der Waals surface area contributed by atoms with Gasteiger partial charge in [-0.15, -0.1) is 0 Å². The second kappa shape index (κ2) is 12.9. The van der Waals surface area contributed by atoms with Gasteiger partial charge >= 0.3 is 0 Å². The van der Waals surface area contributed by atoms with Crippen LogP contribution in [-0.4, -0.2) is 6.61 Å². The van der Waals surface area contributed by atoms with E-state index in [2.05, 4.69) is 37.8 Å².